The lowest BCUT2D eigenvalue weighted by molar-refractivity contribution is -0.115. The van der Waals surface area contributed by atoms with E-state index >= 15 is 0 Å². The lowest BCUT2D eigenvalue weighted by Gasteiger charge is -2.23. The van der Waals surface area contributed by atoms with Crippen LogP contribution in [0.3, 0.4) is 0 Å². The van der Waals surface area contributed by atoms with Crippen molar-refractivity contribution in [1.29, 1.82) is 5.26 Å². The first-order chi connectivity index (χ1) is 9.21. The van der Waals surface area contributed by atoms with Crippen molar-refractivity contribution in [3.8, 4) is 6.07 Å². The molecule has 0 saturated heterocycles. The molecule has 0 aliphatic carbocycles. The molecule has 2 N–H and O–H groups in total. The van der Waals surface area contributed by atoms with Gasteiger partial charge in [-0.2, -0.15) is 5.26 Å². The van der Waals surface area contributed by atoms with Crippen LogP contribution in [0, 0.1) is 11.3 Å². The summed E-state index contributed by atoms with van der Waals surface area (Å²) in [7, 11) is 0. The number of hydrogen-bond acceptors (Lipinski definition) is 4. The number of benzene rings is 1. The zero-order valence-corrected chi connectivity index (χ0v) is 11.1. The van der Waals surface area contributed by atoms with Crippen LogP contribution in [-0.2, 0) is 4.79 Å². The van der Waals surface area contributed by atoms with Crippen molar-refractivity contribution in [1.82, 2.24) is 0 Å². The summed E-state index contributed by atoms with van der Waals surface area (Å²) < 4.78 is 0. The van der Waals surface area contributed by atoms with Gasteiger partial charge in [-0.15, -0.1) is 0 Å². The van der Waals surface area contributed by atoms with Crippen molar-refractivity contribution in [2.75, 3.05) is 29.9 Å². The Morgan fingerprint density at radius 1 is 1.47 bits per heavy atom. The number of hydrogen-bond donors (Lipinski definition) is 2. The first-order valence-corrected chi connectivity index (χ1v) is 6.34. The van der Waals surface area contributed by atoms with Crippen LogP contribution < -0.4 is 10.2 Å². The Morgan fingerprint density at radius 2 is 2.26 bits per heavy atom. The maximum absolute atomic E-state index is 11.4. The predicted octanol–water partition coefficient (Wildman–Crippen LogP) is 1.75. The van der Waals surface area contributed by atoms with E-state index in [1.54, 1.807) is 6.92 Å². The van der Waals surface area contributed by atoms with Crippen LogP contribution in [0.5, 0.6) is 0 Å². The third-order valence-corrected chi connectivity index (χ3v) is 2.68. The molecule has 0 aromatic heterocycles. The lowest BCUT2D eigenvalue weighted by atomic mass is 10.2. The molecule has 19 heavy (non-hydrogen) atoms. The van der Waals surface area contributed by atoms with Crippen LogP contribution in [0.1, 0.15) is 19.8 Å². The average molecular weight is 261 g/mol. The third-order valence-electron chi connectivity index (χ3n) is 2.68. The number of carbonyl (C=O) groups is 1. The molecule has 0 unspecified atom stereocenters. The van der Waals surface area contributed by atoms with Gasteiger partial charge in [0.25, 0.3) is 0 Å². The highest BCUT2D eigenvalue weighted by atomic mass is 16.3. The highest BCUT2D eigenvalue weighted by Crippen LogP contribution is 2.19. The number of amides is 1. The van der Waals surface area contributed by atoms with E-state index < -0.39 is 0 Å². The smallest absolute Gasteiger partial charge is 0.224 e. The molecule has 102 valence electrons. The summed E-state index contributed by atoms with van der Waals surface area (Å²) in [6, 6.07) is 9.50. The fourth-order valence-electron chi connectivity index (χ4n) is 1.71. The highest BCUT2D eigenvalue weighted by Gasteiger charge is 2.07. The maximum atomic E-state index is 11.4. The first-order valence-electron chi connectivity index (χ1n) is 6.34. The molecule has 0 spiro atoms. The Balaban J connectivity index is 2.82. The standard InChI is InChI=1S/C14H19N3O2/c1-2-14(19)16-12-5-3-6-13(11-12)17(9-10-18)8-4-7-15/h3,5-6,11,18H,2,4,8-10H2,1H3,(H,16,19). The number of nitriles is 1. The minimum atomic E-state index is -0.0390. The molecule has 0 saturated carbocycles. The van der Waals surface area contributed by atoms with Crippen molar-refractivity contribution >= 4 is 17.3 Å². The summed E-state index contributed by atoms with van der Waals surface area (Å²) in [5.74, 6) is -0.0390. The molecule has 0 fully saturated rings. The molecule has 0 radical (unpaired) electrons. The second-order valence-corrected chi connectivity index (χ2v) is 4.07. The van der Waals surface area contributed by atoms with Crippen molar-refractivity contribution < 1.29 is 9.90 Å². The fraction of sp³-hybridized carbons (Fsp3) is 0.429. The molecule has 5 nitrogen and oxygen atoms in total. The Morgan fingerprint density at radius 3 is 2.89 bits per heavy atom. The van der Waals surface area contributed by atoms with Crippen molar-refractivity contribution in [3.05, 3.63) is 24.3 Å². The number of nitrogens with zero attached hydrogens (tertiary/aromatic N) is 2. The molecule has 1 aromatic rings. The molecule has 0 bridgehead atoms. The lowest BCUT2D eigenvalue weighted by Crippen LogP contribution is -2.27. The average Bonchev–Trinajstić information content (AvgIpc) is 2.43. The number of rotatable bonds is 7. The minimum absolute atomic E-state index is 0.0248. The van der Waals surface area contributed by atoms with Gasteiger partial charge in [0, 0.05) is 30.9 Å². The molecule has 5 heteroatoms. The van der Waals surface area contributed by atoms with Crippen molar-refractivity contribution in [2.24, 2.45) is 0 Å². The van der Waals surface area contributed by atoms with E-state index in [1.165, 1.54) is 0 Å². The van der Waals surface area contributed by atoms with E-state index in [4.69, 9.17) is 10.4 Å². The summed E-state index contributed by atoms with van der Waals surface area (Å²) in [4.78, 5) is 13.3. The summed E-state index contributed by atoms with van der Waals surface area (Å²) in [5.41, 5.74) is 1.61. The Bertz CT molecular complexity index is 454. The topological polar surface area (TPSA) is 76.4 Å². The molecule has 0 heterocycles. The SMILES string of the molecule is CCC(=O)Nc1cccc(N(CCO)CCC#N)c1. The van der Waals surface area contributed by atoms with Gasteiger partial charge in [-0.3, -0.25) is 4.79 Å². The van der Waals surface area contributed by atoms with Gasteiger partial charge < -0.3 is 15.3 Å². The van der Waals surface area contributed by atoms with E-state index in [1.807, 2.05) is 29.2 Å². The van der Waals surface area contributed by atoms with Crippen LogP contribution in [0.4, 0.5) is 11.4 Å². The van der Waals surface area contributed by atoms with Gasteiger partial charge >= 0.3 is 0 Å². The van der Waals surface area contributed by atoms with Gasteiger partial charge in [-0.1, -0.05) is 13.0 Å². The number of anilines is 2. The van der Waals surface area contributed by atoms with Gasteiger partial charge in [0.15, 0.2) is 0 Å². The van der Waals surface area contributed by atoms with Gasteiger partial charge in [0.2, 0.25) is 5.91 Å². The maximum Gasteiger partial charge on any atom is 0.224 e. The minimum Gasteiger partial charge on any atom is -0.395 e. The van der Waals surface area contributed by atoms with Crippen LogP contribution in [0.25, 0.3) is 0 Å². The van der Waals surface area contributed by atoms with E-state index in [0.717, 1.165) is 11.4 Å². The molecular weight excluding hydrogens is 242 g/mol. The Hall–Kier alpha value is -2.06. The molecule has 0 aliphatic heterocycles. The zero-order valence-electron chi connectivity index (χ0n) is 11.1. The van der Waals surface area contributed by atoms with Crippen LogP contribution >= 0.6 is 0 Å². The number of aliphatic hydroxyl groups is 1. The Labute approximate surface area is 113 Å². The monoisotopic (exact) mass is 261 g/mol. The number of carbonyl (C=O) groups excluding carboxylic acids is 1. The van der Waals surface area contributed by atoms with Crippen LogP contribution in [-0.4, -0.2) is 30.7 Å². The molecule has 0 aliphatic rings. The van der Waals surface area contributed by atoms with Gasteiger partial charge in [-0.05, 0) is 18.2 Å². The summed E-state index contributed by atoms with van der Waals surface area (Å²) in [6.07, 6.45) is 0.824. The van der Waals surface area contributed by atoms with Crippen molar-refractivity contribution in [3.63, 3.8) is 0 Å². The molecule has 1 amide bonds. The first kappa shape index (κ1) is 15.0. The highest BCUT2D eigenvalue weighted by molar-refractivity contribution is 5.90. The van der Waals surface area contributed by atoms with Crippen LogP contribution in [0.15, 0.2) is 24.3 Å². The summed E-state index contributed by atoms with van der Waals surface area (Å²) in [5, 5.41) is 20.5. The van der Waals surface area contributed by atoms with Gasteiger partial charge in [-0.25, -0.2) is 0 Å². The second kappa shape index (κ2) is 8.11. The third kappa shape index (κ3) is 4.98. The zero-order chi connectivity index (χ0) is 14.1. The molecule has 1 aromatic carbocycles. The van der Waals surface area contributed by atoms with Crippen LogP contribution in [0.2, 0.25) is 0 Å². The largest absolute Gasteiger partial charge is 0.395 e. The molecule has 1 rings (SSSR count). The van der Waals surface area contributed by atoms with Gasteiger partial charge in [0.05, 0.1) is 19.1 Å². The normalized spacial score (nSPS) is 9.74. The van der Waals surface area contributed by atoms with E-state index in [9.17, 15) is 4.79 Å². The summed E-state index contributed by atoms with van der Waals surface area (Å²) >= 11 is 0. The van der Waals surface area contributed by atoms with E-state index in [2.05, 4.69) is 11.4 Å². The summed E-state index contributed by atoms with van der Waals surface area (Å²) in [6.45, 7) is 2.84. The molecule has 0 atom stereocenters. The number of nitrogens with one attached hydrogen (secondary N) is 1. The van der Waals surface area contributed by atoms with Crippen molar-refractivity contribution in [2.45, 2.75) is 19.8 Å². The van der Waals surface area contributed by atoms with E-state index in [0.29, 0.717) is 25.9 Å². The second-order valence-electron chi connectivity index (χ2n) is 4.07. The van der Waals surface area contributed by atoms with Gasteiger partial charge in [0.1, 0.15) is 0 Å². The quantitative estimate of drug-likeness (QED) is 0.784. The van der Waals surface area contributed by atoms with E-state index in [-0.39, 0.29) is 12.5 Å². The fourth-order valence-corrected chi connectivity index (χ4v) is 1.71. The predicted molar refractivity (Wildman–Crippen MR) is 74.9 cm³/mol. The number of aliphatic hydroxyl groups excluding tert-OH is 1. The Kier molecular flexibility index (Phi) is 6.41. The molecular formula is C14H19N3O2.